The van der Waals surface area contributed by atoms with Gasteiger partial charge in [0.1, 0.15) is 0 Å². The van der Waals surface area contributed by atoms with Crippen molar-refractivity contribution in [3.63, 3.8) is 0 Å². The molecule has 0 radical (unpaired) electrons. The van der Waals surface area contributed by atoms with Gasteiger partial charge in [-0.2, -0.15) is 0 Å². The van der Waals surface area contributed by atoms with E-state index in [2.05, 4.69) is 5.32 Å². The lowest BCUT2D eigenvalue weighted by atomic mass is 10.1. The first-order valence-electron chi connectivity index (χ1n) is 5.23. The molecule has 0 amide bonds. The summed E-state index contributed by atoms with van der Waals surface area (Å²) >= 11 is 16.9. The fraction of sp³-hybridized carbons (Fsp3) is 0.364. The maximum Gasteiger partial charge on any atom is 0.169 e. The third-order valence-corrected chi connectivity index (χ3v) is 3.45. The number of β-amino-alcohol motifs (C(OH)–C–C–N with tert-alkyl or cyclic N) is 1. The molecule has 1 aliphatic rings. The molecule has 1 unspecified atom stereocenters. The number of benzene rings is 1. The van der Waals surface area contributed by atoms with E-state index < -0.39 is 6.10 Å². The van der Waals surface area contributed by atoms with Crippen molar-refractivity contribution in [3.05, 3.63) is 33.8 Å². The highest BCUT2D eigenvalue weighted by Crippen LogP contribution is 2.24. The lowest BCUT2D eigenvalue weighted by molar-refractivity contribution is 0.149. The van der Waals surface area contributed by atoms with Gasteiger partial charge >= 0.3 is 0 Å². The lowest BCUT2D eigenvalue weighted by Crippen LogP contribution is -2.31. The van der Waals surface area contributed by atoms with Crippen molar-refractivity contribution < 1.29 is 5.11 Å². The molecule has 3 nitrogen and oxygen atoms in total. The molecule has 1 saturated heterocycles. The van der Waals surface area contributed by atoms with Crippen LogP contribution in [-0.2, 0) is 0 Å². The van der Waals surface area contributed by atoms with Crippen LogP contribution >= 0.6 is 35.4 Å². The number of aliphatic hydroxyl groups is 1. The average Bonchev–Trinajstić information content (AvgIpc) is 2.63. The molecule has 1 fully saturated rings. The Morgan fingerprint density at radius 1 is 1.35 bits per heavy atom. The number of thiocarbonyl (C=S) groups is 1. The fourth-order valence-corrected chi connectivity index (χ4v) is 2.58. The topological polar surface area (TPSA) is 35.5 Å². The van der Waals surface area contributed by atoms with E-state index in [9.17, 15) is 5.11 Å². The summed E-state index contributed by atoms with van der Waals surface area (Å²) in [6, 6.07) is 5.07. The molecule has 0 aromatic heterocycles. The van der Waals surface area contributed by atoms with Crippen LogP contribution in [0.3, 0.4) is 0 Å². The molecule has 1 aromatic carbocycles. The van der Waals surface area contributed by atoms with Gasteiger partial charge in [0.05, 0.1) is 12.6 Å². The molecule has 17 heavy (non-hydrogen) atoms. The Labute approximate surface area is 115 Å². The Morgan fingerprint density at radius 2 is 2.00 bits per heavy atom. The molecule has 2 rings (SSSR count). The second-order valence-corrected chi connectivity index (χ2v) is 5.16. The zero-order valence-electron chi connectivity index (χ0n) is 8.99. The van der Waals surface area contributed by atoms with Crippen molar-refractivity contribution in [2.24, 2.45) is 0 Å². The maximum atomic E-state index is 10.1. The van der Waals surface area contributed by atoms with Gasteiger partial charge in [0.2, 0.25) is 0 Å². The number of nitrogens with zero attached hydrogens (tertiary/aromatic N) is 1. The number of nitrogens with one attached hydrogen (secondary N) is 1. The van der Waals surface area contributed by atoms with Crippen LogP contribution in [0.15, 0.2) is 18.2 Å². The molecule has 1 heterocycles. The van der Waals surface area contributed by atoms with Gasteiger partial charge in [0, 0.05) is 23.1 Å². The highest BCUT2D eigenvalue weighted by Gasteiger charge is 2.20. The van der Waals surface area contributed by atoms with Crippen LogP contribution < -0.4 is 5.32 Å². The first-order chi connectivity index (χ1) is 8.06. The Hall–Kier alpha value is -0.550. The first kappa shape index (κ1) is 12.9. The molecule has 1 atom stereocenters. The van der Waals surface area contributed by atoms with Crippen LogP contribution in [0.5, 0.6) is 0 Å². The number of rotatable bonds is 3. The second-order valence-electron chi connectivity index (χ2n) is 3.90. The van der Waals surface area contributed by atoms with Crippen molar-refractivity contribution in [2.75, 3.05) is 19.6 Å². The van der Waals surface area contributed by atoms with Gasteiger partial charge in [0.25, 0.3) is 0 Å². The van der Waals surface area contributed by atoms with Crippen LogP contribution in [0.25, 0.3) is 0 Å². The smallest absolute Gasteiger partial charge is 0.169 e. The van der Waals surface area contributed by atoms with Gasteiger partial charge in [-0.15, -0.1) is 0 Å². The van der Waals surface area contributed by atoms with Crippen molar-refractivity contribution in [3.8, 4) is 0 Å². The normalized spacial score (nSPS) is 17.1. The Bertz CT molecular complexity index is 421. The van der Waals surface area contributed by atoms with Crippen molar-refractivity contribution in [1.82, 2.24) is 10.2 Å². The second kappa shape index (κ2) is 5.40. The predicted molar refractivity (Wildman–Crippen MR) is 73.6 cm³/mol. The van der Waals surface area contributed by atoms with E-state index in [-0.39, 0.29) is 0 Å². The molecule has 92 valence electrons. The third-order valence-electron chi connectivity index (χ3n) is 2.61. The predicted octanol–water partition coefficient (Wildman–Crippen LogP) is 2.22. The van der Waals surface area contributed by atoms with E-state index in [1.54, 1.807) is 18.2 Å². The van der Waals surface area contributed by atoms with E-state index in [1.165, 1.54) is 0 Å². The largest absolute Gasteiger partial charge is 0.387 e. The average molecular weight is 291 g/mol. The SMILES string of the molecule is OC(CN1CCNC1=S)c1cc(Cl)cc(Cl)c1. The zero-order chi connectivity index (χ0) is 12.4. The monoisotopic (exact) mass is 290 g/mol. The van der Waals surface area contributed by atoms with Crippen LogP contribution in [0.2, 0.25) is 10.0 Å². The zero-order valence-corrected chi connectivity index (χ0v) is 11.3. The van der Waals surface area contributed by atoms with Gasteiger partial charge in [-0.05, 0) is 36.0 Å². The van der Waals surface area contributed by atoms with Gasteiger partial charge in [-0.3, -0.25) is 0 Å². The fourth-order valence-electron chi connectivity index (χ4n) is 1.77. The molecule has 2 N–H and O–H groups in total. The van der Waals surface area contributed by atoms with Gasteiger partial charge in [-0.25, -0.2) is 0 Å². The molecule has 0 aliphatic carbocycles. The Balaban J connectivity index is 2.08. The van der Waals surface area contributed by atoms with E-state index in [1.807, 2.05) is 4.90 Å². The van der Waals surface area contributed by atoms with Crippen molar-refractivity contribution in [2.45, 2.75) is 6.10 Å². The van der Waals surface area contributed by atoms with Crippen LogP contribution in [0.4, 0.5) is 0 Å². The molecular weight excluding hydrogens is 279 g/mol. The number of hydrogen-bond donors (Lipinski definition) is 2. The molecule has 0 saturated carbocycles. The van der Waals surface area contributed by atoms with Crippen molar-refractivity contribution in [1.29, 1.82) is 0 Å². The van der Waals surface area contributed by atoms with Crippen LogP contribution in [0, 0.1) is 0 Å². The van der Waals surface area contributed by atoms with Crippen LogP contribution in [-0.4, -0.2) is 34.8 Å². The molecule has 1 aliphatic heterocycles. The number of hydrogen-bond acceptors (Lipinski definition) is 2. The number of aliphatic hydroxyl groups excluding tert-OH is 1. The van der Waals surface area contributed by atoms with E-state index in [0.717, 1.165) is 13.1 Å². The minimum absolute atomic E-state index is 0.447. The molecule has 1 aromatic rings. The van der Waals surface area contributed by atoms with Gasteiger partial charge < -0.3 is 15.3 Å². The summed E-state index contributed by atoms with van der Waals surface area (Å²) in [6.07, 6.45) is -0.649. The number of halogens is 2. The summed E-state index contributed by atoms with van der Waals surface area (Å²) in [4.78, 5) is 1.93. The van der Waals surface area contributed by atoms with Gasteiger partial charge in [0.15, 0.2) is 5.11 Å². The summed E-state index contributed by atoms with van der Waals surface area (Å²) in [5.74, 6) is 0. The van der Waals surface area contributed by atoms with E-state index in [4.69, 9.17) is 35.4 Å². The Morgan fingerprint density at radius 3 is 2.53 bits per heavy atom. The summed E-state index contributed by atoms with van der Waals surface area (Å²) < 4.78 is 0. The minimum atomic E-state index is -0.649. The van der Waals surface area contributed by atoms with Gasteiger partial charge in [-0.1, -0.05) is 23.2 Å². The highest BCUT2D eigenvalue weighted by atomic mass is 35.5. The summed E-state index contributed by atoms with van der Waals surface area (Å²) in [5.41, 5.74) is 0.706. The summed E-state index contributed by atoms with van der Waals surface area (Å²) in [7, 11) is 0. The maximum absolute atomic E-state index is 10.1. The van der Waals surface area contributed by atoms with E-state index >= 15 is 0 Å². The quantitative estimate of drug-likeness (QED) is 0.837. The minimum Gasteiger partial charge on any atom is -0.387 e. The molecule has 0 spiro atoms. The summed E-state index contributed by atoms with van der Waals surface area (Å²) in [5, 5.41) is 14.9. The summed E-state index contributed by atoms with van der Waals surface area (Å²) in [6.45, 7) is 2.08. The first-order valence-corrected chi connectivity index (χ1v) is 6.39. The van der Waals surface area contributed by atoms with Crippen molar-refractivity contribution >= 4 is 40.5 Å². The Kier molecular flexibility index (Phi) is 4.09. The third kappa shape index (κ3) is 3.22. The molecular formula is C11H12Cl2N2OS. The van der Waals surface area contributed by atoms with Crippen LogP contribution in [0.1, 0.15) is 11.7 Å². The highest BCUT2D eigenvalue weighted by molar-refractivity contribution is 7.80. The standard InChI is InChI=1S/C11H12Cl2N2OS/c12-8-3-7(4-9(13)5-8)10(16)6-15-2-1-14-11(15)17/h3-5,10,16H,1-2,6H2,(H,14,17). The molecule has 6 heteroatoms. The molecule has 0 bridgehead atoms. The van der Waals surface area contributed by atoms with E-state index in [0.29, 0.717) is 27.3 Å². The lowest BCUT2D eigenvalue weighted by Gasteiger charge is -2.21.